The molecule has 0 spiro atoms. The predicted molar refractivity (Wildman–Crippen MR) is 59.3 cm³/mol. The van der Waals surface area contributed by atoms with E-state index in [-0.39, 0.29) is 5.82 Å². The van der Waals surface area contributed by atoms with Gasteiger partial charge in [-0.3, -0.25) is 0 Å². The van der Waals surface area contributed by atoms with Gasteiger partial charge in [-0.1, -0.05) is 0 Å². The molecule has 1 rings (SSSR count). The van der Waals surface area contributed by atoms with E-state index in [0.29, 0.717) is 0 Å². The molecular weight excluding hydrogens is 251 g/mol. The van der Waals surface area contributed by atoms with Crippen LogP contribution in [0.1, 0.15) is 0 Å². The van der Waals surface area contributed by atoms with Gasteiger partial charge in [0.1, 0.15) is 0 Å². The topological polar surface area (TPSA) is 84.8 Å². The van der Waals surface area contributed by atoms with Gasteiger partial charge >= 0.3 is 16.1 Å². The molecule has 0 aliphatic rings. The van der Waals surface area contributed by atoms with Crippen LogP contribution < -0.4 is 4.18 Å². The van der Waals surface area contributed by atoms with Crippen LogP contribution in [0.5, 0.6) is 6.01 Å². The summed E-state index contributed by atoms with van der Waals surface area (Å²) in [7, 11) is -0.366. The Morgan fingerprint density at radius 2 is 2.18 bits per heavy atom. The van der Waals surface area contributed by atoms with Crippen LogP contribution in [0.3, 0.4) is 0 Å². The Morgan fingerprint density at radius 3 is 2.71 bits per heavy atom. The van der Waals surface area contributed by atoms with Crippen LogP contribution in [0.2, 0.25) is 0 Å². The third-order valence-corrected chi connectivity index (χ3v) is 1.79. The molecule has 0 radical (unpaired) electrons. The first-order valence-electron chi connectivity index (χ1n) is 4.40. The van der Waals surface area contributed by atoms with Crippen LogP contribution in [0, 0.1) is 5.82 Å². The average molecular weight is 262 g/mol. The lowest BCUT2D eigenvalue weighted by atomic mass is 10.5. The highest BCUT2D eigenvalue weighted by Crippen LogP contribution is 2.16. The smallest absolute Gasteiger partial charge is 0.335 e. The van der Waals surface area contributed by atoms with Gasteiger partial charge in [0.15, 0.2) is 11.6 Å². The SMILES string of the molecule is CN(C)C=Nc1nc(OS(C)(=O)=O)ncc1F. The fourth-order valence-corrected chi connectivity index (χ4v) is 1.13. The maximum absolute atomic E-state index is 13.2. The molecule has 0 atom stereocenters. The fourth-order valence-electron chi connectivity index (χ4n) is 0.779. The first kappa shape index (κ1) is 13.3. The average Bonchev–Trinajstić information content (AvgIpc) is 2.16. The Balaban J connectivity index is 3.02. The predicted octanol–water partition coefficient (Wildman–Crippen LogP) is 0.175. The van der Waals surface area contributed by atoms with E-state index in [9.17, 15) is 12.8 Å². The number of nitrogens with zero attached hydrogens (tertiary/aromatic N) is 4. The van der Waals surface area contributed by atoms with Crippen molar-refractivity contribution in [2.75, 3.05) is 20.4 Å². The van der Waals surface area contributed by atoms with E-state index >= 15 is 0 Å². The number of halogens is 1. The van der Waals surface area contributed by atoms with Crippen molar-refractivity contribution in [1.82, 2.24) is 14.9 Å². The normalized spacial score (nSPS) is 11.8. The molecule has 17 heavy (non-hydrogen) atoms. The summed E-state index contributed by atoms with van der Waals surface area (Å²) in [5, 5.41) is 0. The molecular formula is C8H11FN4O3S. The van der Waals surface area contributed by atoms with E-state index in [2.05, 4.69) is 19.1 Å². The molecule has 0 fully saturated rings. The molecule has 0 bridgehead atoms. The third kappa shape index (κ3) is 4.72. The summed E-state index contributed by atoms with van der Waals surface area (Å²) >= 11 is 0. The van der Waals surface area contributed by atoms with Gasteiger partial charge < -0.3 is 9.08 Å². The number of hydrogen-bond donors (Lipinski definition) is 0. The van der Waals surface area contributed by atoms with Crippen molar-refractivity contribution in [2.45, 2.75) is 0 Å². The van der Waals surface area contributed by atoms with Crippen molar-refractivity contribution in [1.29, 1.82) is 0 Å². The highest BCUT2D eigenvalue weighted by atomic mass is 32.2. The summed E-state index contributed by atoms with van der Waals surface area (Å²) in [6.45, 7) is 0. The van der Waals surface area contributed by atoms with Crippen LogP contribution >= 0.6 is 0 Å². The Kier molecular flexibility index (Phi) is 3.94. The maximum atomic E-state index is 13.2. The molecule has 1 aromatic heterocycles. The molecule has 7 nitrogen and oxygen atoms in total. The van der Waals surface area contributed by atoms with Crippen LogP contribution in [0.4, 0.5) is 10.2 Å². The lowest BCUT2D eigenvalue weighted by molar-refractivity contribution is 0.466. The molecule has 0 saturated heterocycles. The fraction of sp³-hybridized carbons (Fsp3) is 0.375. The Morgan fingerprint density at radius 1 is 1.53 bits per heavy atom. The molecule has 0 aliphatic carbocycles. The van der Waals surface area contributed by atoms with Gasteiger partial charge in [0.2, 0.25) is 0 Å². The highest BCUT2D eigenvalue weighted by molar-refractivity contribution is 7.86. The number of aromatic nitrogens is 2. The maximum Gasteiger partial charge on any atom is 0.335 e. The van der Waals surface area contributed by atoms with Gasteiger partial charge in [-0.2, -0.15) is 18.4 Å². The monoisotopic (exact) mass is 262 g/mol. The summed E-state index contributed by atoms with van der Waals surface area (Å²) in [4.78, 5) is 12.2. The van der Waals surface area contributed by atoms with E-state index in [1.165, 1.54) is 6.34 Å². The molecule has 0 saturated carbocycles. The molecule has 0 aromatic carbocycles. The summed E-state index contributed by atoms with van der Waals surface area (Å²) < 4.78 is 39.2. The first-order valence-corrected chi connectivity index (χ1v) is 6.22. The van der Waals surface area contributed by atoms with Crippen molar-refractivity contribution < 1.29 is 17.0 Å². The molecule has 0 aliphatic heterocycles. The molecule has 0 unspecified atom stereocenters. The lowest BCUT2D eigenvalue weighted by Crippen LogP contribution is -2.09. The third-order valence-electron chi connectivity index (χ3n) is 1.34. The van der Waals surface area contributed by atoms with Gasteiger partial charge in [-0.25, -0.2) is 9.38 Å². The zero-order valence-corrected chi connectivity index (χ0v) is 10.3. The first-order chi connectivity index (χ1) is 7.78. The largest absolute Gasteiger partial charge is 0.369 e. The molecule has 0 amide bonds. The van der Waals surface area contributed by atoms with E-state index in [4.69, 9.17) is 0 Å². The zero-order valence-electron chi connectivity index (χ0n) is 9.45. The standard InChI is InChI=1S/C8H11FN4O3S/c1-13(2)5-11-7-6(9)4-10-8(12-7)16-17(3,14)15/h4-5H,1-3H3. The van der Waals surface area contributed by atoms with Gasteiger partial charge in [-0.05, 0) is 0 Å². The van der Waals surface area contributed by atoms with Crippen molar-refractivity contribution in [3.8, 4) is 6.01 Å². The molecule has 94 valence electrons. The summed E-state index contributed by atoms with van der Waals surface area (Å²) in [5.74, 6) is -1.07. The van der Waals surface area contributed by atoms with Gasteiger partial charge in [0, 0.05) is 14.1 Å². The van der Waals surface area contributed by atoms with E-state index < -0.39 is 21.9 Å². The number of aliphatic imine (C=N–C) groups is 1. The van der Waals surface area contributed by atoms with Gasteiger partial charge in [0.25, 0.3) is 0 Å². The Labute approximate surface area is 98.1 Å². The van der Waals surface area contributed by atoms with Crippen molar-refractivity contribution in [3.05, 3.63) is 12.0 Å². The minimum atomic E-state index is -3.75. The number of rotatable bonds is 4. The van der Waals surface area contributed by atoms with Crippen LogP contribution in [-0.4, -0.2) is 50.0 Å². The van der Waals surface area contributed by atoms with Crippen molar-refractivity contribution in [3.63, 3.8) is 0 Å². The summed E-state index contributed by atoms with van der Waals surface area (Å²) in [6, 6.07) is -0.472. The molecule has 0 N–H and O–H groups in total. The molecule has 1 aromatic rings. The molecule has 9 heteroatoms. The molecule has 1 heterocycles. The lowest BCUT2D eigenvalue weighted by Gasteiger charge is -2.04. The van der Waals surface area contributed by atoms with E-state index in [1.807, 2.05) is 0 Å². The quantitative estimate of drug-likeness (QED) is 0.437. The number of hydrogen-bond acceptors (Lipinski definition) is 6. The Bertz CT molecular complexity index is 530. The van der Waals surface area contributed by atoms with Gasteiger partial charge in [-0.15, -0.1) is 0 Å². The Hall–Kier alpha value is -1.77. The van der Waals surface area contributed by atoms with Crippen molar-refractivity contribution >= 4 is 22.3 Å². The summed E-state index contributed by atoms with van der Waals surface area (Å²) in [6.07, 6.45) is 2.94. The zero-order chi connectivity index (χ0) is 13.1. The second kappa shape index (κ2) is 5.04. The highest BCUT2D eigenvalue weighted by Gasteiger charge is 2.11. The van der Waals surface area contributed by atoms with Crippen molar-refractivity contribution in [2.24, 2.45) is 4.99 Å². The van der Waals surface area contributed by atoms with E-state index in [1.54, 1.807) is 19.0 Å². The van der Waals surface area contributed by atoms with Gasteiger partial charge in [0.05, 0.1) is 18.8 Å². The van der Waals surface area contributed by atoms with Crippen LogP contribution in [0.15, 0.2) is 11.2 Å². The van der Waals surface area contributed by atoms with Crippen LogP contribution in [-0.2, 0) is 10.1 Å². The second-order valence-electron chi connectivity index (χ2n) is 3.32. The summed E-state index contributed by atoms with van der Waals surface area (Å²) in [5.41, 5.74) is 0. The van der Waals surface area contributed by atoms with Crippen LogP contribution in [0.25, 0.3) is 0 Å². The van der Waals surface area contributed by atoms with E-state index in [0.717, 1.165) is 12.5 Å². The second-order valence-corrected chi connectivity index (χ2v) is 4.89. The minimum absolute atomic E-state index is 0.299. The minimum Gasteiger partial charge on any atom is -0.369 e.